The van der Waals surface area contributed by atoms with Gasteiger partial charge in [0.1, 0.15) is 5.82 Å². The van der Waals surface area contributed by atoms with E-state index < -0.39 is 5.97 Å². The summed E-state index contributed by atoms with van der Waals surface area (Å²) in [4.78, 5) is 11.0. The number of alkyl halides is 1. The fraction of sp³-hybridized carbons (Fsp3) is 0.308. The van der Waals surface area contributed by atoms with Crippen LogP contribution in [0.4, 0.5) is 0 Å². The lowest BCUT2D eigenvalue weighted by molar-refractivity contribution is 0.0697. The van der Waals surface area contributed by atoms with Crippen LogP contribution in [0, 0.1) is 0 Å². The van der Waals surface area contributed by atoms with E-state index in [2.05, 4.69) is 10.2 Å². The fourth-order valence-corrected chi connectivity index (χ4v) is 2.26. The van der Waals surface area contributed by atoms with Crippen molar-refractivity contribution < 1.29 is 9.90 Å². The van der Waals surface area contributed by atoms with E-state index in [1.165, 1.54) is 0 Å². The Balaban J connectivity index is 2.12. The van der Waals surface area contributed by atoms with Gasteiger partial charge < -0.3 is 5.11 Å². The Kier molecular flexibility index (Phi) is 2.98. The maximum Gasteiger partial charge on any atom is 0.335 e. The molecule has 1 heterocycles. The Bertz CT molecular complexity index is 635. The van der Waals surface area contributed by atoms with Crippen molar-refractivity contribution in [2.75, 3.05) is 0 Å². The van der Waals surface area contributed by atoms with Crippen molar-refractivity contribution in [1.29, 1.82) is 0 Å². The van der Waals surface area contributed by atoms with Crippen LogP contribution < -0.4 is 0 Å². The number of halogens is 1. The molecule has 0 unspecified atom stereocenters. The Morgan fingerprint density at radius 3 is 2.84 bits per heavy atom. The van der Waals surface area contributed by atoms with Crippen LogP contribution in [-0.2, 0) is 5.88 Å². The monoisotopic (exact) mass is 277 g/mol. The van der Waals surface area contributed by atoms with Gasteiger partial charge in [0.05, 0.1) is 11.4 Å². The largest absolute Gasteiger partial charge is 0.478 e. The van der Waals surface area contributed by atoms with Gasteiger partial charge in [0.2, 0.25) is 0 Å². The fourth-order valence-electron chi connectivity index (χ4n) is 2.08. The Morgan fingerprint density at radius 2 is 2.21 bits per heavy atom. The lowest BCUT2D eigenvalue weighted by Gasteiger charge is -2.09. The third-order valence-electron chi connectivity index (χ3n) is 3.17. The summed E-state index contributed by atoms with van der Waals surface area (Å²) in [5.41, 5.74) is 0.996. The van der Waals surface area contributed by atoms with E-state index in [9.17, 15) is 4.79 Å². The number of aromatic carboxylic acids is 1. The second-order valence-corrected chi connectivity index (χ2v) is 4.84. The van der Waals surface area contributed by atoms with Crippen LogP contribution in [0.25, 0.3) is 5.69 Å². The number of aromatic nitrogens is 3. The first-order chi connectivity index (χ1) is 9.20. The molecule has 6 heteroatoms. The second-order valence-electron chi connectivity index (χ2n) is 4.57. The summed E-state index contributed by atoms with van der Waals surface area (Å²) in [5, 5.41) is 17.3. The highest BCUT2D eigenvalue weighted by molar-refractivity contribution is 6.16. The van der Waals surface area contributed by atoms with Gasteiger partial charge in [-0.25, -0.2) is 4.79 Å². The molecule has 0 amide bonds. The molecule has 0 atom stereocenters. The summed E-state index contributed by atoms with van der Waals surface area (Å²) in [6, 6.07) is 6.74. The minimum Gasteiger partial charge on any atom is -0.478 e. The van der Waals surface area contributed by atoms with Gasteiger partial charge in [0.15, 0.2) is 5.82 Å². The van der Waals surface area contributed by atoms with Crippen molar-refractivity contribution in [2.45, 2.75) is 24.6 Å². The molecule has 19 heavy (non-hydrogen) atoms. The summed E-state index contributed by atoms with van der Waals surface area (Å²) >= 11 is 5.88. The molecule has 1 aliphatic rings. The van der Waals surface area contributed by atoms with Gasteiger partial charge in [-0.05, 0) is 31.0 Å². The molecule has 0 saturated heterocycles. The Hall–Kier alpha value is -1.88. The molecule has 3 rings (SSSR count). The van der Waals surface area contributed by atoms with E-state index in [1.54, 1.807) is 18.2 Å². The summed E-state index contributed by atoms with van der Waals surface area (Å²) < 4.78 is 1.87. The topological polar surface area (TPSA) is 68.0 Å². The number of carboxylic acid groups (broad SMARTS) is 1. The molecule has 0 bridgehead atoms. The average Bonchev–Trinajstić information content (AvgIpc) is 3.18. The summed E-state index contributed by atoms with van der Waals surface area (Å²) in [6.07, 6.45) is 2.19. The maximum absolute atomic E-state index is 11.0. The first-order valence-corrected chi connectivity index (χ1v) is 6.58. The van der Waals surface area contributed by atoms with Crippen molar-refractivity contribution in [3.8, 4) is 5.69 Å². The van der Waals surface area contributed by atoms with Crippen LogP contribution in [0.15, 0.2) is 24.3 Å². The highest BCUT2D eigenvalue weighted by Crippen LogP contribution is 2.40. The van der Waals surface area contributed by atoms with Crippen LogP contribution in [0.3, 0.4) is 0 Å². The predicted octanol–water partition coefficient (Wildman–Crippen LogP) is 2.58. The summed E-state index contributed by atoms with van der Waals surface area (Å²) in [7, 11) is 0. The van der Waals surface area contributed by atoms with Gasteiger partial charge in [-0.15, -0.1) is 21.8 Å². The Labute approximate surface area is 114 Å². The Morgan fingerprint density at radius 1 is 1.42 bits per heavy atom. The van der Waals surface area contributed by atoms with Crippen molar-refractivity contribution in [3.63, 3.8) is 0 Å². The van der Waals surface area contributed by atoms with E-state index in [1.807, 2.05) is 10.6 Å². The third kappa shape index (κ3) is 2.21. The average molecular weight is 278 g/mol. The zero-order valence-corrected chi connectivity index (χ0v) is 10.8. The van der Waals surface area contributed by atoms with Crippen LogP contribution in [0.5, 0.6) is 0 Å². The van der Waals surface area contributed by atoms with Gasteiger partial charge in [-0.1, -0.05) is 6.07 Å². The highest BCUT2D eigenvalue weighted by atomic mass is 35.5. The highest BCUT2D eigenvalue weighted by Gasteiger charge is 2.30. The van der Waals surface area contributed by atoms with Gasteiger partial charge in [-0.3, -0.25) is 4.57 Å². The lowest BCUT2D eigenvalue weighted by atomic mass is 10.2. The normalized spacial score (nSPS) is 14.6. The van der Waals surface area contributed by atoms with Crippen LogP contribution in [-0.4, -0.2) is 25.8 Å². The van der Waals surface area contributed by atoms with Crippen LogP contribution >= 0.6 is 11.6 Å². The number of hydrogen-bond donors (Lipinski definition) is 1. The summed E-state index contributed by atoms with van der Waals surface area (Å²) in [6.45, 7) is 0. The molecule has 0 radical (unpaired) electrons. The molecule has 5 nitrogen and oxygen atoms in total. The molecule has 0 aliphatic heterocycles. The standard InChI is InChI=1S/C13H12ClN3O2/c14-7-11-15-16-12(8-4-5-8)17(11)10-3-1-2-9(6-10)13(18)19/h1-3,6,8H,4-5,7H2,(H,18,19). The molecule has 0 spiro atoms. The van der Waals surface area contributed by atoms with E-state index in [4.69, 9.17) is 16.7 Å². The zero-order chi connectivity index (χ0) is 13.4. The third-order valence-corrected chi connectivity index (χ3v) is 3.41. The van der Waals surface area contributed by atoms with Crippen molar-refractivity contribution >= 4 is 17.6 Å². The molecule has 1 aromatic carbocycles. The van der Waals surface area contributed by atoms with Crippen molar-refractivity contribution in [2.24, 2.45) is 0 Å². The van der Waals surface area contributed by atoms with Gasteiger partial charge in [0.25, 0.3) is 0 Å². The quantitative estimate of drug-likeness (QED) is 0.872. The number of carbonyl (C=O) groups is 1. The predicted molar refractivity (Wildman–Crippen MR) is 69.9 cm³/mol. The molecular weight excluding hydrogens is 266 g/mol. The lowest BCUT2D eigenvalue weighted by Crippen LogP contribution is -2.05. The molecule has 1 fully saturated rings. The number of benzene rings is 1. The maximum atomic E-state index is 11.0. The molecule has 1 aromatic heterocycles. The number of hydrogen-bond acceptors (Lipinski definition) is 3. The van der Waals surface area contributed by atoms with Gasteiger partial charge >= 0.3 is 5.97 Å². The van der Waals surface area contributed by atoms with E-state index in [0.29, 0.717) is 11.7 Å². The van der Waals surface area contributed by atoms with Crippen molar-refractivity contribution in [3.05, 3.63) is 41.5 Å². The molecule has 1 aliphatic carbocycles. The zero-order valence-electron chi connectivity index (χ0n) is 10.1. The number of rotatable bonds is 4. The second kappa shape index (κ2) is 4.66. The summed E-state index contributed by atoms with van der Waals surface area (Å²) in [5.74, 6) is 1.23. The smallest absolute Gasteiger partial charge is 0.335 e. The minimum atomic E-state index is -0.949. The first-order valence-electron chi connectivity index (χ1n) is 6.04. The molecule has 1 saturated carbocycles. The molecule has 2 aromatic rings. The first kappa shape index (κ1) is 12.2. The van der Waals surface area contributed by atoms with E-state index in [0.717, 1.165) is 24.4 Å². The van der Waals surface area contributed by atoms with Gasteiger partial charge in [0, 0.05) is 11.6 Å². The van der Waals surface area contributed by atoms with Gasteiger partial charge in [-0.2, -0.15) is 0 Å². The SMILES string of the molecule is O=C(O)c1cccc(-n2c(CCl)nnc2C2CC2)c1. The van der Waals surface area contributed by atoms with Crippen LogP contribution in [0.2, 0.25) is 0 Å². The number of carboxylic acids is 1. The molecule has 98 valence electrons. The van der Waals surface area contributed by atoms with E-state index >= 15 is 0 Å². The number of nitrogens with zero attached hydrogens (tertiary/aromatic N) is 3. The molecular formula is C13H12ClN3O2. The van der Waals surface area contributed by atoms with E-state index in [-0.39, 0.29) is 11.4 Å². The minimum absolute atomic E-state index is 0.244. The van der Waals surface area contributed by atoms with Crippen molar-refractivity contribution in [1.82, 2.24) is 14.8 Å². The molecule has 1 N–H and O–H groups in total. The van der Waals surface area contributed by atoms with Crippen LogP contribution in [0.1, 0.15) is 40.8 Å².